The Morgan fingerprint density at radius 2 is 1.67 bits per heavy atom. The molecule has 1 atom stereocenters. The minimum absolute atomic E-state index is 0.0979. The molecule has 24 heavy (non-hydrogen) atoms. The lowest BCUT2D eigenvalue weighted by Gasteiger charge is -2.18. The maximum atomic E-state index is 12.7. The van der Waals surface area contributed by atoms with E-state index in [0.29, 0.717) is 11.6 Å². The fraction of sp³-hybridized carbons (Fsp3) is 0.211. The predicted octanol–water partition coefficient (Wildman–Crippen LogP) is 4.24. The Labute approximate surface area is 146 Å². The van der Waals surface area contributed by atoms with Crippen LogP contribution in [0.3, 0.4) is 0 Å². The first-order valence-corrected chi connectivity index (χ1v) is 8.20. The second-order valence-corrected chi connectivity index (χ2v) is 6.27. The molecule has 1 fully saturated rings. The molecule has 2 aromatic carbocycles. The molecule has 1 saturated heterocycles. The van der Waals surface area contributed by atoms with Gasteiger partial charge in [-0.2, -0.15) is 0 Å². The number of anilines is 1. The number of rotatable bonds is 5. The van der Waals surface area contributed by atoms with Gasteiger partial charge >= 0.3 is 0 Å². The molecule has 1 unspecified atom stereocenters. The van der Waals surface area contributed by atoms with E-state index < -0.39 is 0 Å². The molecule has 122 valence electrons. The van der Waals surface area contributed by atoms with Crippen LogP contribution < -0.4 is 4.90 Å². The third-order valence-electron chi connectivity index (χ3n) is 4.43. The van der Waals surface area contributed by atoms with Crippen LogP contribution >= 0.6 is 11.6 Å². The summed E-state index contributed by atoms with van der Waals surface area (Å²) in [4.78, 5) is 14.5. The predicted molar refractivity (Wildman–Crippen MR) is 97.9 cm³/mol. The molecule has 1 aliphatic heterocycles. The summed E-state index contributed by atoms with van der Waals surface area (Å²) in [5.74, 6) is -0.339. The number of nitrogens with one attached hydrogen (secondary N) is 2. The average molecular weight is 340 g/mol. The Hall–Kier alpha value is -2.46. The second kappa shape index (κ2) is 6.97. The van der Waals surface area contributed by atoms with E-state index >= 15 is 0 Å². The van der Waals surface area contributed by atoms with Crippen LogP contribution in [0.2, 0.25) is 5.02 Å². The van der Waals surface area contributed by atoms with Crippen LogP contribution in [0.15, 0.2) is 48.5 Å². The summed E-state index contributed by atoms with van der Waals surface area (Å²) in [5.41, 5.74) is 2.73. The van der Waals surface area contributed by atoms with Crippen LogP contribution in [-0.2, 0) is 4.79 Å². The maximum Gasteiger partial charge on any atom is 0.234 e. The van der Waals surface area contributed by atoms with E-state index in [1.54, 1.807) is 4.90 Å². The Morgan fingerprint density at radius 3 is 2.25 bits per heavy atom. The van der Waals surface area contributed by atoms with Crippen LogP contribution in [0, 0.1) is 10.8 Å². The topological polar surface area (TPSA) is 68.0 Å². The first-order chi connectivity index (χ1) is 11.6. The van der Waals surface area contributed by atoms with Gasteiger partial charge in [0.1, 0.15) is 0 Å². The SMILES string of the molecule is N=CC(C=N)c1ccc(N2CCC(c3ccc(Cl)cc3)C2=O)cc1. The lowest BCUT2D eigenvalue weighted by molar-refractivity contribution is -0.118. The van der Waals surface area contributed by atoms with Crippen molar-refractivity contribution in [2.45, 2.75) is 18.3 Å². The zero-order valence-electron chi connectivity index (χ0n) is 13.1. The molecule has 1 amide bonds. The average Bonchev–Trinajstić information content (AvgIpc) is 2.99. The summed E-state index contributed by atoms with van der Waals surface area (Å²) in [7, 11) is 0. The van der Waals surface area contributed by atoms with Gasteiger partial charge in [0.15, 0.2) is 0 Å². The molecule has 2 aromatic rings. The van der Waals surface area contributed by atoms with Crippen molar-refractivity contribution in [1.29, 1.82) is 10.8 Å². The Morgan fingerprint density at radius 1 is 1.04 bits per heavy atom. The minimum Gasteiger partial charge on any atom is -0.312 e. The smallest absolute Gasteiger partial charge is 0.234 e. The normalized spacial score (nSPS) is 18.5. The van der Waals surface area contributed by atoms with Crippen LogP contribution in [-0.4, -0.2) is 24.9 Å². The van der Waals surface area contributed by atoms with Gasteiger partial charge in [-0.05, 0) is 41.8 Å². The number of amides is 1. The Kier molecular flexibility index (Phi) is 4.76. The van der Waals surface area contributed by atoms with Crippen LogP contribution in [0.1, 0.15) is 29.4 Å². The van der Waals surface area contributed by atoms with Crippen molar-refractivity contribution in [3.05, 3.63) is 64.7 Å². The van der Waals surface area contributed by atoms with E-state index in [-0.39, 0.29) is 17.7 Å². The molecule has 1 heterocycles. The molecule has 0 spiro atoms. The molecule has 3 rings (SSSR count). The molecular weight excluding hydrogens is 322 g/mol. The van der Waals surface area contributed by atoms with E-state index in [1.807, 2.05) is 48.5 Å². The number of halogens is 1. The van der Waals surface area contributed by atoms with Gasteiger partial charge < -0.3 is 15.7 Å². The Balaban J connectivity index is 1.78. The number of carbonyl (C=O) groups is 1. The van der Waals surface area contributed by atoms with E-state index in [2.05, 4.69) is 0 Å². The third kappa shape index (κ3) is 3.10. The number of carbonyl (C=O) groups excluding carboxylic acids is 1. The molecule has 0 aliphatic carbocycles. The van der Waals surface area contributed by atoms with Crippen LogP contribution in [0.5, 0.6) is 0 Å². The van der Waals surface area contributed by atoms with Gasteiger partial charge in [0, 0.05) is 29.7 Å². The molecule has 0 aromatic heterocycles. The van der Waals surface area contributed by atoms with E-state index in [1.165, 1.54) is 12.4 Å². The third-order valence-corrected chi connectivity index (χ3v) is 4.68. The van der Waals surface area contributed by atoms with Crippen LogP contribution in [0.4, 0.5) is 5.69 Å². The first-order valence-electron chi connectivity index (χ1n) is 7.82. The highest BCUT2D eigenvalue weighted by Crippen LogP contribution is 2.33. The lowest BCUT2D eigenvalue weighted by atomic mass is 9.98. The van der Waals surface area contributed by atoms with Crippen molar-refractivity contribution in [2.24, 2.45) is 0 Å². The van der Waals surface area contributed by atoms with Gasteiger partial charge in [-0.3, -0.25) is 4.79 Å². The van der Waals surface area contributed by atoms with Crippen molar-refractivity contribution in [3.63, 3.8) is 0 Å². The van der Waals surface area contributed by atoms with Gasteiger partial charge in [-0.15, -0.1) is 0 Å². The molecule has 0 saturated carbocycles. The molecule has 0 bridgehead atoms. The van der Waals surface area contributed by atoms with E-state index in [9.17, 15) is 4.79 Å². The molecule has 1 aliphatic rings. The first kappa shape index (κ1) is 16.4. The highest BCUT2D eigenvalue weighted by atomic mass is 35.5. The summed E-state index contributed by atoms with van der Waals surface area (Å²) in [6.45, 7) is 0.685. The summed E-state index contributed by atoms with van der Waals surface area (Å²) in [6, 6.07) is 15.0. The van der Waals surface area contributed by atoms with Crippen molar-refractivity contribution < 1.29 is 4.79 Å². The number of benzene rings is 2. The van der Waals surface area contributed by atoms with Gasteiger partial charge in [-0.1, -0.05) is 35.9 Å². The van der Waals surface area contributed by atoms with Gasteiger partial charge in [0.05, 0.1) is 11.8 Å². The van der Waals surface area contributed by atoms with Gasteiger partial charge in [0.2, 0.25) is 5.91 Å². The highest BCUT2D eigenvalue weighted by molar-refractivity contribution is 6.30. The van der Waals surface area contributed by atoms with Crippen LogP contribution in [0.25, 0.3) is 0 Å². The van der Waals surface area contributed by atoms with Gasteiger partial charge in [0.25, 0.3) is 0 Å². The number of hydrogen-bond acceptors (Lipinski definition) is 3. The van der Waals surface area contributed by atoms with E-state index in [0.717, 1.165) is 23.2 Å². The fourth-order valence-electron chi connectivity index (χ4n) is 3.06. The molecule has 2 N–H and O–H groups in total. The molecule has 4 nitrogen and oxygen atoms in total. The van der Waals surface area contributed by atoms with Crippen molar-refractivity contribution in [3.8, 4) is 0 Å². The van der Waals surface area contributed by atoms with Crippen molar-refractivity contribution in [1.82, 2.24) is 0 Å². The molecule has 0 radical (unpaired) electrons. The largest absolute Gasteiger partial charge is 0.312 e. The fourth-order valence-corrected chi connectivity index (χ4v) is 3.18. The summed E-state index contributed by atoms with van der Waals surface area (Å²) >= 11 is 5.92. The second-order valence-electron chi connectivity index (χ2n) is 5.83. The van der Waals surface area contributed by atoms with Crippen molar-refractivity contribution in [2.75, 3.05) is 11.4 Å². The lowest BCUT2D eigenvalue weighted by Crippen LogP contribution is -2.26. The van der Waals surface area contributed by atoms with Crippen molar-refractivity contribution >= 4 is 35.6 Å². The monoisotopic (exact) mass is 339 g/mol. The highest BCUT2D eigenvalue weighted by Gasteiger charge is 2.33. The zero-order valence-corrected chi connectivity index (χ0v) is 13.8. The summed E-state index contributed by atoms with van der Waals surface area (Å²) in [5, 5.41) is 15.3. The molecular formula is C19H18ClN3O. The quantitative estimate of drug-likeness (QED) is 0.786. The Bertz CT molecular complexity index is 747. The molecule has 5 heteroatoms. The number of hydrogen-bond donors (Lipinski definition) is 2. The standard InChI is InChI=1S/C19H18ClN3O/c20-16-5-1-14(2-6-16)18-9-10-23(19(18)24)17-7-3-13(4-8-17)15(11-21)12-22/h1-8,11-12,15,18,21-22H,9-10H2. The summed E-state index contributed by atoms with van der Waals surface area (Å²) in [6.07, 6.45) is 3.25. The summed E-state index contributed by atoms with van der Waals surface area (Å²) < 4.78 is 0. The van der Waals surface area contributed by atoms with Gasteiger partial charge in [-0.25, -0.2) is 0 Å². The zero-order chi connectivity index (χ0) is 17.1. The number of nitrogens with zero attached hydrogens (tertiary/aromatic N) is 1. The van der Waals surface area contributed by atoms with E-state index in [4.69, 9.17) is 22.4 Å². The minimum atomic E-state index is -0.310. The maximum absolute atomic E-state index is 12.7.